The van der Waals surface area contributed by atoms with Crippen LogP contribution in [0.2, 0.25) is 0 Å². The quantitative estimate of drug-likeness (QED) is 0.851. The van der Waals surface area contributed by atoms with Crippen molar-refractivity contribution in [1.29, 1.82) is 0 Å². The average Bonchev–Trinajstić information content (AvgIpc) is 2.66. The Labute approximate surface area is 98.1 Å². The Balaban J connectivity index is 2.02. The third-order valence-corrected chi connectivity index (χ3v) is 3.72. The van der Waals surface area contributed by atoms with Gasteiger partial charge in [0.05, 0.1) is 12.1 Å². The van der Waals surface area contributed by atoms with Crippen LogP contribution < -0.4 is 0 Å². The van der Waals surface area contributed by atoms with E-state index in [1.807, 2.05) is 26.1 Å². The largest absolute Gasteiger partial charge is 0.481 e. The molecule has 1 aliphatic rings. The molecule has 0 amide bonds. The summed E-state index contributed by atoms with van der Waals surface area (Å²) in [6.45, 7) is 3.95. The van der Waals surface area contributed by atoms with Crippen molar-refractivity contribution in [3.05, 3.63) is 30.2 Å². The smallest absolute Gasteiger partial charge is 0.307 e. The van der Waals surface area contributed by atoms with Crippen molar-refractivity contribution in [3.8, 4) is 0 Å². The molecule has 0 aromatic carbocycles. The van der Waals surface area contributed by atoms with Gasteiger partial charge in [0.15, 0.2) is 5.65 Å². The SMILES string of the molecule is CC1(C)C(C(=O)O)C1c1cnc2ccnn2c1. The first-order valence-electron chi connectivity index (χ1n) is 5.54. The number of hydrogen-bond donors (Lipinski definition) is 1. The van der Waals surface area contributed by atoms with Crippen molar-refractivity contribution in [2.24, 2.45) is 11.3 Å². The zero-order chi connectivity index (χ0) is 12.2. The predicted molar refractivity (Wildman–Crippen MR) is 60.6 cm³/mol. The maximum Gasteiger partial charge on any atom is 0.307 e. The lowest BCUT2D eigenvalue weighted by Crippen LogP contribution is -2.03. The summed E-state index contributed by atoms with van der Waals surface area (Å²) >= 11 is 0. The molecule has 2 atom stereocenters. The Kier molecular flexibility index (Phi) is 1.85. The van der Waals surface area contributed by atoms with Gasteiger partial charge in [-0.1, -0.05) is 13.8 Å². The standard InChI is InChI=1S/C12H13N3O2/c1-12(2)9(10(12)11(16)17)7-5-13-8-3-4-14-15(8)6-7/h3-6,9-10H,1-2H3,(H,16,17). The number of carboxylic acids is 1. The Hall–Kier alpha value is -1.91. The molecular formula is C12H13N3O2. The molecule has 5 heteroatoms. The van der Waals surface area contributed by atoms with Crippen molar-refractivity contribution in [2.45, 2.75) is 19.8 Å². The summed E-state index contributed by atoms with van der Waals surface area (Å²) in [5.41, 5.74) is 1.52. The topological polar surface area (TPSA) is 67.5 Å². The Morgan fingerprint density at radius 2 is 2.29 bits per heavy atom. The van der Waals surface area contributed by atoms with Crippen LogP contribution in [0.3, 0.4) is 0 Å². The second kappa shape index (κ2) is 3.06. The summed E-state index contributed by atoms with van der Waals surface area (Å²) in [5.74, 6) is -1.03. The maximum absolute atomic E-state index is 11.1. The van der Waals surface area contributed by atoms with Gasteiger partial charge in [0.1, 0.15) is 0 Å². The van der Waals surface area contributed by atoms with Gasteiger partial charge in [-0.15, -0.1) is 0 Å². The highest BCUT2D eigenvalue weighted by molar-refractivity contribution is 5.77. The predicted octanol–water partition coefficient (Wildman–Crippen LogP) is 1.55. The van der Waals surface area contributed by atoms with Crippen LogP contribution in [-0.2, 0) is 4.79 Å². The molecular weight excluding hydrogens is 218 g/mol. The fourth-order valence-corrected chi connectivity index (χ4v) is 2.71. The maximum atomic E-state index is 11.1. The van der Waals surface area contributed by atoms with Gasteiger partial charge in [-0.05, 0) is 11.0 Å². The monoisotopic (exact) mass is 231 g/mol. The molecule has 0 aliphatic heterocycles. The van der Waals surface area contributed by atoms with Crippen LogP contribution in [0.5, 0.6) is 0 Å². The number of nitrogens with zero attached hydrogens (tertiary/aromatic N) is 3. The van der Waals surface area contributed by atoms with E-state index in [1.54, 1.807) is 16.9 Å². The molecule has 0 saturated heterocycles. The minimum atomic E-state index is -0.736. The summed E-state index contributed by atoms with van der Waals surface area (Å²) in [5, 5.41) is 13.3. The van der Waals surface area contributed by atoms with Crippen molar-refractivity contribution in [3.63, 3.8) is 0 Å². The van der Waals surface area contributed by atoms with Gasteiger partial charge in [0, 0.05) is 24.4 Å². The molecule has 1 fully saturated rings. The van der Waals surface area contributed by atoms with E-state index in [0.29, 0.717) is 0 Å². The van der Waals surface area contributed by atoms with Gasteiger partial charge in [0.2, 0.25) is 0 Å². The second-order valence-corrected chi connectivity index (χ2v) is 5.14. The van der Waals surface area contributed by atoms with E-state index >= 15 is 0 Å². The highest BCUT2D eigenvalue weighted by Gasteiger charge is 2.62. The van der Waals surface area contributed by atoms with E-state index in [4.69, 9.17) is 5.11 Å². The first kappa shape index (κ1) is 10.3. The molecule has 1 N–H and O–H groups in total. The summed E-state index contributed by atoms with van der Waals surface area (Å²) in [7, 11) is 0. The van der Waals surface area contributed by atoms with Crippen LogP contribution in [-0.4, -0.2) is 25.7 Å². The van der Waals surface area contributed by atoms with Gasteiger partial charge in [-0.3, -0.25) is 4.79 Å². The molecule has 17 heavy (non-hydrogen) atoms. The van der Waals surface area contributed by atoms with E-state index in [1.165, 1.54) is 0 Å². The fraction of sp³-hybridized carbons (Fsp3) is 0.417. The van der Waals surface area contributed by atoms with Crippen molar-refractivity contribution in [1.82, 2.24) is 14.6 Å². The Morgan fingerprint density at radius 1 is 1.53 bits per heavy atom. The number of carbonyl (C=O) groups is 1. The third kappa shape index (κ3) is 1.35. The van der Waals surface area contributed by atoms with E-state index in [9.17, 15) is 4.79 Å². The molecule has 2 heterocycles. The average molecular weight is 231 g/mol. The van der Waals surface area contributed by atoms with E-state index < -0.39 is 5.97 Å². The first-order chi connectivity index (χ1) is 8.01. The third-order valence-electron chi connectivity index (χ3n) is 3.72. The van der Waals surface area contributed by atoms with Gasteiger partial charge < -0.3 is 5.11 Å². The summed E-state index contributed by atoms with van der Waals surface area (Å²) < 4.78 is 1.68. The molecule has 2 aromatic rings. The zero-order valence-corrected chi connectivity index (χ0v) is 9.66. The minimum absolute atomic E-state index is 0.0288. The molecule has 88 valence electrons. The summed E-state index contributed by atoms with van der Waals surface area (Å²) in [6.07, 6.45) is 5.31. The number of carboxylic acid groups (broad SMARTS) is 1. The van der Waals surface area contributed by atoms with Crippen molar-refractivity contribution in [2.75, 3.05) is 0 Å². The van der Waals surface area contributed by atoms with Crippen molar-refractivity contribution >= 4 is 11.6 Å². The molecule has 3 rings (SSSR count). The van der Waals surface area contributed by atoms with Crippen LogP contribution >= 0.6 is 0 Å². The highest BCUT2D eigenvalue weighted by atomic mass is 16.4. The van der Waals surface area contributed by atoms with E-state index in [-0.39, 0.29) is 17.3 Å². The first-order valence-corrected chi connectivity index (χ1v) is 5.54. The lowest BCUT2D eigenvalue weighted by molar-refractivity contribution is -0.139. The highest BCUT2D eigenvalue weighted by Crippen LogP contribution is 2.64. The zero-order valence-electron chi connectivity index (χ0n) is 9.66. The summed E-state index contributed by atoms with van der Waals surface area (Å²) in [4.78, 5) is 15.4. The van der Waals surface area contributed by atoms with Gasteiger partial charge in [0.25, 0.3) is 0 Å². The number of rotatable bonds is 2. The number of aromatic nitrogens is 3. The Bertz CT molecular complexity index is 603. The van der Waals surface area contributed by atoms with Gasteiger partial charge >= 0.3 is 5.97 Å². The molecule has 5 nitrogen and oxygen atoms in total. The van der Waals surface area contributed by atoms with Crippen LogP contribution in [0, 0.1) is 11.3 Å². The van der Waals surface area contributed by atoms with Crippen LogP contribution in [0.25, 0.3) is 5.65 Å². The van der Waals surface area contributed by atoms with Gasteiger partial charge in [-0.2, -0.15) is 5.10 Å². The molecule has 0 bridgehead atoms. The van der Waals surface area contributed by atoms with Crippen LogP contribution in [0.1, 0.15) is 25.3 Å². The molecule has 2 unspecified atom stereocenters. The number of fused-ring (bicyclic) bond motifs is 1. The number of hydrogen-bond acceptors (Lipinski definition) is 3. The fourth-order valence-electron chi connectivity index (χ4n) is 2.71. The Morgan fingerprint density at radius 3 is 2.94 bits per heavy atom. The lowest BCUT2D eigenvalue weighted by atomic mass is 10.1. The van der Waals surface area contributed by atoms with E-state index in [2.05, 4.69) is 10.1 Å². The molecule has 0 radical (unpaired) electrons. The van der Waals surface area contributed by atoms with Crippen LogP contribution in [0.15, 0.2) is 24.7 Å². The lowest BCUT2D eigenvalue weighted by Gasteiger charge is -2.02. The van der Waals surface area contributed by atoms with Crippen molar-refractivity contribution < 1.29 is 9.90 Å². The molecule has 0 spiro atoms. The van der Waals surface area contributed by atoms with E-state index in [0.717, 1.165) is 11.2 Å². The van der Waals surface area contributed by atoms with Gasteiger partial charge in [-0.25, -0.2) is 9.50 Å². The molecule has 2 aromatic heterocycles. The molecule has 1 saturated carbocycles. The summed E-state index contributed by atoms with van der Waals surface area (Å²) in [6, 6.07) is 1.82. The van der Waals surface area contributed by atoms with Crippen LogP contribution in [0.4, 0.5) is 0 Å². The second-order valence-electron chi connectivity index (χ2n) is 5.14. The molecule has 1 aliphatic carbocycles. The number of aliphatic carboxylic acids is 1. The minimum Gasteiger partial charge on any atom is -0.481 e. The normalized spacial score (nSPS) is 26.0.